The van der Waals surface area contributed by atoms with Crippen LogP contribution in [-0.2, 0) is 4.74 Å². The maximum absolute atomic E-state index is 12.5. The summed E-state index contributed by atoms with van der Waals surface area (Å²) in [5, 5.41) is 3.39. The van der Waals surface area contributed by atoms with Crippen LogP contribution in [0.5, 0.6) is 0 Å². The van der Waals surface area contributed by atoms with E-state index in [0.717, 1.165) is 32.4 Å². The Morgan fingerprint density at radius 1 is 1.00 bits per heavy atom. The zero-order valence-corrected chi connectivity index (χ0v) is 11.3. The fourth-order valence-corrected chi connectivity index (χ4v) is 3.11. The third-order valence-electron chi connectivity index (χ3n) is 4.36. The van der Waals surface area contributed by atoms with Crippen LogP contribution < -0.4 is 5.32 Å². The minimum Gasteiger partial charge on any atom is -0.378 e. The van der Waals surface area contributed by atoms with E-state index >= 15 is 0 Å². The first-order valence-corrected chi connectivity index (χ1v) is 7.47. The highest BCUT2D eigenvalue weighted by Gasteiger charge is 2.41. The summed E-state index contributed by atoms with van der Waals surface area (Å²) in [6, 6.07) is 0.266. The molecule has 0 aromatic rings. The van der Waals surface area contributed by atoms with E-state index in [0.29, 0.717) is 18.9 Å². The molecular formula is C14H24F3NO. The van der Waals surface area contributed by atoms with Crippen LogP contribution in [0.4, 0.5) is 13.2 Å². The smallest absolute Gasteiger partial charge is 0.378 e. The van der Waals surface area contributed by atoms with E-state index < -0.39 is 12.1 Å². The van der Waals surface area contributed by atoms with Crippen LogP contribution in [0.2, 0.25) is 0 Å². The van der Waals surface area contributed by atoms with Crippen LogP contribution in [0.1, 0.15) is 51.4 Å². The lowest BCUT2D eigenvalue weighted by Gasteiger charge is -2.31. The van der Waals surface area contributed by atoms with Gasteiger partial charge in [-0.15, -0.1) is 0 Å². The van der Waals surface area contributed by atoms with E-state index in [1.54, 1.807) is 0 Å². The van der Waals surface area contributed by atoms with Gasteiger partial charge in [0.2, 0.25) is 0 Å². The van der Waals surface area contributed by atoms with Gasteiger partial charge in [0, 0.05) is 12.6 Å². The number of rotatable bonds is 4. The second-order valence-electron chi connectivity index (χ2n) is 5.82. The minimum absolute atomic E-state index is 0.266. The van der Waals surface area contributed by atoms with Gasteiger partial charge in [-0.2, -0.15) is 13.2 Å². The van der Waals surface area contributed by atoms with E-state index in [-0.39, 0.29) is 18.9 Å². The standard InChI is InChI=1S/C14H24F3NO/c15-14(16,17)11-4-6-12(7-5-11)18-9-8-13-3-1-2-10-19-13/h11-13,18H,1-10H2. The molecule has 19 heavy (non-hydrogen) atoms. The molecule has 2 aliphatic rings. The predicted octanol–water partition coefficient (Wildman–Crippen LogP) is 3.66. The Morgan fingerprint density at radius 2 is 1.74 bits per heavy atom. The van der Waals surface area contributed by atoms with Gasteiger partial charge in [-0.25, -0.2) is 0 Å². The zero-order chi connectivity index (χ0) is 13.7. The lowest BCUT2D eigenvalue weighted by atomic mass is 9.85. The number of hydrogen-bond donors (Lipinski definition) is 1. The van der Waals surface area contributed by atoms with Crippen LogP contribution in [0.25, 0.3) is 0 Å². The first kappa shape index (κ1) is 15.1. The molecule has 1 aliphatic heterocycles. The molecule has 0 bridgehead atoms. The molecule has 1 saturated heterocycles. The minimum atomic E-state index is -4.00. The zero-order valence-electron chi connectivity index (χ0n) is 11.3. The molecule has 2 fully saturated rings. The Kier molecular flexibility index (Phi) is 5.51. The predicted molar refractivity (Wildman–Crippen MR) is 68.0 cm³/mol. The first-order chi connectivity index (χ1) is 9.05. The van der Waals surface area contributed by atoms with E-state index in [9.17, 15) is 13.2 Å². The molecule has 1 heterocycles. The molecule has 1 N–H and O–H groups in total. The van der Waals surface area contributed by atoms with E-state index in [4.69, 9.17) is 4.74 Å². The number of nitrogens with one attached hydrogen (secondary N) is 1. The highest BCUT2D eigenvalue weighted by Crippen LogP contribution is 2.37. The molecule has 0 aromatic heterocycles. The van der Waals surface area contributed by atoms with Gasteiger partial charge in [0.05, 0.1) is 12.0 Å². The first-order valence-electron chi connectivity index (χ1n) is 7.47. The molecule has 0 amide bonds. The van der Waals surface area contributed by atoms with Crippen molar-refractivity contribution >= 4 is 0 Å². The number of ether oxygens (including phenoxy) is 1. The van der Waals surface area contributed by atoms with Gasteiger partial charge in [-0.3, -0.25) is 0 Å². The van der Waals surface area contributed by atoms with Gasteiger partial charge in [0.25, 0.3) is 0 Å². The maximum Gasteiger partial charge on any atom is 0.391 e. The van der Waals surface area contributed by atoms with Crippen molar-refractivity contribution in [2.75, 3.05) is 13.2 Å². The Labute approximate surface area is 113 Å². The molecule has 0 radical (unpaired) electrons. The van der Waals surface area contributed by atoms with Crippen LogP contribution >= 0.6 is 0 Å². The normalized spacial score (nSPS) is 33.3. The molecule has 1 unspecified atom stereocenters. The molecule has 1 atom stereocenters. The highest BCUT2D eigenvalue weighted by atomic mass is 19.4. The summed E-state index contributed by atoms with van der Waals surface area (Å²) in [7, 11) is 0. The summed E-state index contributed by atoms with van der Waals surface area (Å²) >= 11 is 0. The van der Waals surface area contributed by atoms with Gasteiger partial charge in [0.1, 0.15) is 0 Å². The lowest BCUT2D eigenvalue weighted by molar-refractivity contribution is -0.182. The second kappa shape index (κ2) is 6.93. The topological polar surface area (TPSA) is 21.3 Å². The number of hydrogen-bond acceptors (Lipinski definition) is 2. The Bertz CT molecular complexity index is 256. The molecule has 2 rings (SSSR count). The van der Waals surface area contributed by atoms with E-state index in [1.807, 2.05) is 0 Å². The maximum atomic E-state index is 12.5. The largest absolute Gasteiger partial charge is 0.391 e. The molecule has 2 nitrogen and oxygen atoms in total. The Balaban J connectivity index is 1.58. The van der Waals surface area contributed by atoms with Gasteiger partial charge in [-0.05, 0) is 57.9 Å². The quantitative estimate of drug-likeness (QED) is 0.848. The Hall–Kier alpha value is -0.290. The lowest BCUT2D eigenvalue weighted by Crippen LogP contribution is -2.38. The van der Waals surface area contributed by atoms with Gasteiger partial charge < -0.3 is 10.1 Å². The van der Waals surface area contributed by atoms with Crippen molar-refractivity contribution < 1.29 is 17.9 Å². The third kappa shape index (κ3) is 4.95. The monoisotopic (exact) mass is 279 g/mol. The summed E-state index contributed by atoms with van der Waals surface area (Å²) in [6.45, 7) is 1.73. The fourth-order valence-electron chi connectivity index (χ4n) is 3.11. The summed E-state index contributed by atoms with van der Waals surface area (Å²) in [6.07, 6.45) is 2.72. The van der Waals surface area contributed by atoms with Crippen molar-refractivity contribution in [1.82, 2.24) is 5.32 Å². The summed E-state index contributed by atoms with van der Waals surface area (Å²) in [5.41, 5.74) is 0. The van der Waals surface area contributed by atoms with Crippen LogP contribution in [0.15, 0.2) is 0 Å². The highest BCUT2D eigenvalue weighted by molar-refractivity contribution is 4.81. The molecular weight excluding hydrogens is 255 g/mol. The Morgan fingerprint density at radius 3 is 2.32 bits per heavy atom. The van der Waals surface area contributed by atoms with Crippen molar-refractivity contribution in [3.8, 4) is 0 Å². The summed E-state index contributed by atoms with van der Waals surface area (Å²) < 4.78 is 43.2. The van der Waals surface area contributed by atoms with Crippen molar-refractivity contribution in [2.45, 2.75) is 69.7 Å². The van der Waals surface area contributed by atoms with Crippen molar-refractivity contribution in [3.05, 3.63) is 0 Å². The van der Waals surface area contributed by atoms with Gasteiger partial charge in [0.15, 0.2) is 0 Å². The molecule has 112 valence electrons. The van der Waals surface area contributed by atoms with Gasteiger partial charge >= 0.3 is 6.18 Å². The van der Waals surface area contributed by atoms with Crippen molar-refractivity contribution in [2.24, 2.45) is 5.92 Å². The molecule has 0 spiro atoms. The third-order valence-corrected chi connectivity index (χ3v) is 4.36. The molecule has 5 heteroatoms. The van der Waals surface area contributed by atoms with Crippen molar-refractivity contribution in [1.29, 1.82) is 0 Å². The molecule has 1 aliphatic carbocycles. The average Bonchev–Trinajstić information content (AvgIpc) is 2.39. The van der Waals surface area contributed by atoms with E-state index in [1.165, 1.54) is 6.42 Å². The summed E-state index contributed by atoms with van der Waals surface area (Å²) in [4.78, 5) is 0. The summed E-state index contributed by atoms with van der Waals surface area (Å²) in [5.74, 6) is -1.08. The number of alkyl halides is 3. The fraction of sp³-hybridized carbons (Fsp3) is 1.00. The SMILES string of the molecule is FC(F)(F)C1CCC(NCCC2CCCCO2)CC1. The van der Waals surface area contributed by atoms with Crippen LogP contribution in [0, 0.1) is 5.92 Å². The number of halogens is 3. The van der Waals surface area contributed by atoms with Crippen molar-refractivity contribution in [3.63, 3.8) is 0 Å². The second-order valence-corrected chi connectivity index (χ2v) is 5.82. The molecule has 0 aromatic carbocycles. The van der Waals surface area contributed by atoms with Gasteiger partial charge in [-0.1, -0.05) is 0 Å². The average molecular weight is 279 g/mol. The van der Waals surface area contributed by atoms with Crippen LogP contribution in [0.3, 0.4) is 0 Å². The van der Waals surface area contributed by atoms with E-state index in [2.05, 4.69) is 5.32 Å². The van der Waals surface area contributed by atoms with Crippen LogP contribution in [-0.4, -0.2) is 31.5 Å². The molecule has 1 saturated carbocycles.